The van der Waals surface area contributed by atoms with Crippen LogP contribution in [0, 0.1) is 6.92 Å². The number of sulfone groups is 1. The predicted octanol–water partition coefficient (Wildman–Crippen LogP) is 6.03. The molecule has 0 saturated heterocycles. The minimum Gasteiger partial charge on any atom is -0.223 e. The zero-order valence-corrected chi connectivity index (χ0v) is 16.5. The zero-order valence-electron chi connectivity index (χ0n) is 15.6. The Morgan fingerprint density at radius 2 is 1.45 bits per heavy atom. The van der Waals surface area contributed by atoms with Gasteiger partial charge in [0.25, 0.3) is 0 Å². The molecular weight excluding hydrogens is 397 g/mol. The van der Waals surface area contributed by atoms with Gasteiger partial charge in [0, 0.05) is 0 Å². The number of alkyl halides is 3. The molecule has 0 N–H and O–H groups in total. The average molecular weight is 416 g/mol. The van der Waals surface area contributed by atoms with E-state index in [1.807, 2.05) is 13.0 Å². The summed E-state index contributed by atoms with van der Waals surface area (Å²) in [6, 6.07) is 20.2. The molecule has 29 heavy (non-hydrogen) atoms. The van der Waals surface area contributed by atoms with Gasteiger partial charge < -0.3 is 0 Å². The standard InChI is InChI=1S/C23H19F3O2S/c1-17-7-13-22(14-8-17)29(27,28)16-20(19-5-3-2-4-6-19)15-18-9-11-21(12-10-18)23(24,25)26/h2-15H,16H2,1H3/b20-15+. The summed E-state index contributed by atoms with van der Waals surface area (Å²) in [5.41, 5.74) is 1.90. The first-order valence-electron chi connectivity index (χ1n) is 8.88. The summed E-state index contributed by atoms with van der Waals surface area (Å²) in [6.45, 7) is 1.87. The van der Waals surface area contributed by atoms with Gasteiger partial charge in [0.05, 0.1) is 16.2 Å². The van der Waals surface area contributed by atoms with E-state index in [4.69, 9.17) is 0 Å². The smallest absolute Gasteiger partial charge is 0.223 e. The number of hydrogen-bond acceptors (Lipinski definition) is 2. The summed E-state index contributed by atoms with van der Waals surface area (Å²) in [7, 11) is -3.62. The first-order chi connectivity index (χ1) is 13.6. The zero-order chi connectivity index (χ0) is 21.1. The molecule has 0 spiro atoms. The molecule has 0 aliphatic carbocycles. The van der Waals surface area contributed by atoms with Crippen molar-refractivity contribution >= 4 is 21.5 Å². The molecule has 3 aromatic carbocycles. The third kappa shape index (κ3) is 5.35. The van der Waals surface area contributed by atoms with Gasteiger partial charge in [0.15, 0.2) is 9.84 Å². The molecule has 0 aromatic heterocycles. The van der Waals surface area contributed by atoms with Gasteiger partial charge in [-0.3, -0.25) is 0 Å². The van der Waals surface area contributed by atoms with Crippen molar-refractivity contribution < 1.29 is 21.6 Å². The SMILES string of the molecule is Cc1ccc(S(=O)(=O)C/C(=C\c2ccc(C(F)(F)F)cc2)c2ccccc2)cc1. The van der Waals surface area contributed by atoms with E-state index < -0.39 is 21.6 Å². The van der Waals surface area contributed by atoms with Crippen LogP contribution in [-0.4, -0.2) is 14.2 Å². The van der Waals surface area contributed by atoms with E-state index in [1.165, 1.54) is 12.1 Å². The van der Waals surface area contributed by atoms with E-state index in [0.29, 0.717) is 16.7 Å². The second-order valence-electron chi connectivity index (χ2n) is 6.73. The molecule has 0 unspecified atom stereocenters. The van der Waals surface area contributed by atoms with Crippen LogP contribution >= 0.6 is 0 Å². The van der Waals surface area contributed by atoms with Crippen molar-refractivity contribution in [3.8, 4) is 0 Å². The van der Waals surface area contributed by atoms with E-state index in [-0.39, 0.29) is 10.6 Å². The fraction of sp³-hybridized carbons (Fsp3) is 0.130. The van der Waals surface area contributed by atoms with Gasteiger partial charge in [-0.15, -0.1) is 0 Å². The van der Waals surface area contributed by atoms with Gasteiger partial charge in [-0.2, -0.15) is 13.2 Å². The topological polar surface area (TPSA) is 34.1 Å². The second-order valence-corrected chi connectivity index (χ2v) is 8.72. The molecule has 3 aromatic rings. The van der Waals surface area contributed by atoms with E-state index >= 15 is 0 Å². The Bertz CT molecular complexity index is 1100. The molecule has 0 aliphatic rings. The molecule has 0 radical (unpaired) electrons. The Morgan fingerprint density at radius 3 is 2.00 bits per heavy atom. The van der Waals surface area contributed by atoms with E-state index in [9.17, 15) is 21.6 Å². The number of benzene rings is 3. The molecule has 150 valence electrons. The van der Waals surface area contributed by atoms with Crippen LogP contribution in [0.1, 0.15) is 22.3 Å². The van der Waals surface area contributed by atoms with Crippen molar-refractivity contribution in [1.29, 1.82) is 0 Å². The Labute approximate surface area is 168 Å². The van der Waals surface area contributed by atoms with Gasteiger partial charge in [0.1, 0.15) is 0 Å². The van der Waals surface area contributed by atoms with Gasteiger partial charge >= 0.3 is 6.18 Å². The number of halogens is 3. The fourth-order valence-electron chi connectivity index (χ4n) is 2.86. The lowest BCUT2D eigenvalue weighted by atomic mass is 10.0. The first kappa shape index (κ1) is 20.9. The van der Waals surface area contributed by atoms with Crippen molar-refractivity contribution in [1.82, 2.24) is 0 Å². The minimum atomic E-state index is -4.42. The molecule has 0 saturated carbocycles. The van der Waals surface area contributed by atoms with Crippen LogP contribution in [0.4, 0.5) is 13.2 Å². The van der Waals surface area contributed by atoms with Crippen LogP contribution in [0.5, 0.6) is 0 Å². The van der Waals surface area contributed by atoms with E-state index in [1.54, 1.807) is 54.6 Å². The highest BCUT2D eigenvalue weighted by atomic mass is 32.2. The maximum atomic E-state index is 12.9. The quantitative estimate of drug-likeness (QED) is 0.476. The lowest BCUT2D eigenvalue weighted by molar-refractivity contribution is -0.137. The normalized spacial score (nSPS) is 12.8. The van der Waals surface area contributed by atoms with Crippen molar-refractivity contribution in [2.45, 2.75) is 18.0 Å². The van der Waals surface area contributed by atoms with Crippen LogP contribution in [0.3, 0.4) is 0 Å². The Morgan fingerprint density at radius 1 is 0.862 bits per heavy atom. The molecule has 0 amide bonds. The Kier molecular flexibility index (Phi) is 5.94. The fourth-order valence-corrected chi connectivity index (χ4v) is 4.24. The molecule has 0 aliphatic heterocycles. The summed E-state index contributed by atoms with van der Waals surface area (Å²) in [4.78, 5) is 0.206. The highest BCUT2D eigenvalue weighted by Gasteiger charge is 2.29. The second kappa shape index (κ2) is 8.25. The molecule has 0 fully saturated rings. The molecule has 6 heteroatoms. The largest absolute Gasteiger partial charge is 0.416 e. The highest BCUT2D eigenvalue weighted by Crippen LogP contribution is 2.30. The lowest BCUT2D eigenvalue weighted by Crippen LogP contribution is -2.09. The summed E-state index contributed by atoms with van der Waals surface area (Å²) >= 11 is 0. The highest BCUT2D eigenvalue weighted by molar-refractivity contribution is 7.91. The number of hydrogen-bond donors (Lipinski definition) is 0. The number of aryl methyl sites for hydroxylation is 1. The van der Waals surface area contributed by atoms with Crippen LogP contribution in [-0.2, 0) is 16.0 Å². The van der Waals surface area contributed by atoms with E-state index in [2.05, 4.69) is 0 Å². The van der Waals surface area contributed by atoms with Crippen LogP contribution < -0.4 is 0 Å². The summed E-state index contributed by atoms with van der Waals surface area (Å²) in [5, 5.41) is 0. The van der Waals surface area contributed by atoms with Crippen molar-refractivity contribution in [2.75, 3.05) is 5.75 Å². The summed E-state index contributed by atoms with van der Waals surface area (Å²) in [5.74, 6) is -0.263. The van der Waals surface area contributed by atoms with Crippen LogP contribution in [0.15, 0.2) is 83.8 Å². The van der Waals surface area contributed by atoms with Crippen LogP contribution in [0.25, 0.3) is 11.6 Å². The maximum absolute atomic E-state index is 12.9. The minimum absolute atomic E-state index is 0.206. The predicted molar refractivity (Wildman–Crippen MR) is 109 cm³/mol. The average Bonchev–Trinajstić information content (AvgIpc) is 2.68. The maximum Gasteiger partial charge on any atom is 0.416 e. The van der Waals surface area contributed by atoms with Crippen molar-refractivity contribution in [2.24, 2.45) is 0 Å². The molecule has 0 heterocycles. The molecule has 0 atom stereocenters. The lowest BCUT2D eigenvalue weighted by Gasteiger charge is -2.11. The molecule has 2 nitrogen and oxygen atoms in total. The van der Waals surface area contributed by atoms with Crippen LogP contribution in [0.2, 0.25) is 0 Å². The summed E-state index contributed by atoms with van der Waals surface area (Å²) in [6.07, 6.45) is -2.81. The Hall–Kier alpha value is -2.86. The van der Waals surface area contributed by atoms with Gasteiger partial charge in [-0.05, 0) is 47.9 Å². The van der Waals surface area contributed by atoms with Crippen molar-refractivity contribution in [3.63, 3.8) is 0 Å². The molecule has 0 bridgehead atoms. The molecule has 3 rings (SSSR count). The van der Waals surface area contributed by atoms with Crippen molar-refractivity contribution in [3.05, 3.63) is 101 Å². The van der Waals surface area contributed by atoms with Gasteiger partial charge in [-0.25, -0.2) is 8.42 Å². The summed E-state index contributed by atoms with van der Waals surface area (Å²) < 4.78 is 64.2. The number of rotatable bonds is 5. The van der Waals surface area contributed by atoms with E-state index in [0.717, 1.165) is 17.7 Å². The Balaban J connectivity index is 1.99. The van der Waals surface area contributed by atoms with Gasteiger partial charge in [0.2, 0.25) is 0 Å². The monoisotopic (exact) mass is 416 g/mol. The third-order valence-electron chi connectivity index (χ3n) is 4.45. The van der Waals surface area contributed by atoms with Gasteiger partial charge in [-0.1, -0.05) is 66.2 Å². The first-order valence-corrected chi connectivity index (χ1v) is 10.5. The molecular formula is C23H19F3O2S. The third-order valence-corrected chi connectivity index (χ3v) is 6.13.